The first-order valence-corrected chi connectivity index (χ1v) is 7.80. The lowest BCUT2D eigenvalue weighted by Gasteiger charge is -2.27. The second kappa shape index (κ2) is 8.22. The summed E-state index contributed by atoms with van der Waals surface area (Å²) >= 11 is 0. The van der Waals surface area contributed by atoms with Crippen LogP contribution >= 0.6 is 0 Å². The van der Waals surface area contributed by atoms with Crippen LogP contribution in [0.15, 0.2) is 36.7 Å². The van der Waals surface area contributed by atoms with E-state index in [2.05, 4.69) is 20.6 Å². The van der Waals surface area contributed by atoms with Crippen molar-refractivity contribution in [1.29, 1.82) is 5.26 Å². The van der Waals surface area contributed by atoms with Crippen LogP contribution in [0.1, 0.15) is 13.8 Å². The highest BCUT2D eigenvalue weighted by Gasteiger charge is 2.21. The maximum absolute atomic E-state index is 10.8. The average molecular weight is 339 g/mol. The highest BCUT2D eigenvalue weighted by Crippen LogP contribution is 2.22. The van der Waals surface area contributed by atoms with Crippen LogP contribution in [0.5, 0.6) is 5.75 Å². The number of nitrogens with one attached hydrogen (secondary N) is 2. The largest absolute Gasteiger partial charge is 0.497 e. The fraction of sp³-hybridized carbons (Fsp3) is 0.333. The van der Waals surface area contributed by atoms with E-state index in [1.165, 1.54) is 0 Å². The summed E-state index contributed by atoms with van der Waals surface area (Å²) in [6.45, 7) is 4.23. The zero-order valence-electron chi connectivity index (χ0n) is 14.5. The molecular formula is C18H21N5O2. The van der Waals surface area contributed by atoms with Crippen molar-refractivity contribution < 1.29 is 9.53 Å². The van der Waals surface area contributed by atoms with Crippen molar-refractivity contribution in [2.75, 3.05) is 19.0 Å². The predicted molar refractivity (Wildman–Crippen MR) is 95.2 cm³/mol. The summed E-state index contributed by atoms with van der Waals surface area (Å²) < 4.78 is 5.22. The minimum Gasteiger partial charge on any atom is -0.497 e. The van der Waals surface area contributed by atoms with E-state index in [-0.39, 0.29) is 0 Å². The van der Waals surface area contributed by atoms with Gasteiger partial charge in [0.15, 0.2) is 12.3 Å². The van der Waals surface area contributed by atoms with E-state index in [0.717, 1.165) is 16.9 Å². The van der Waals surface area contributed by atoms with E-state index in [1.54, 1.807) is 19.5 Å². The maximum atomic E-state index is 10.8. The molecule has 1 heterocycles. The number of nitriles is 1. The van der Waals surface area contributed by atoms with Crippen LogP contribution in [-0.4, -0.2) is 41.5 Å². The molecule has 1 aromatic carbocycles. The number of carbonyl (C=O) groups excluding carboxylic acids is 1. The number of rotatable bonds is 8. The molecule has 1 aromatic heterocycles. The van der Waals surface area contributed by atoms with Crippen molar-refractivity contribution in [2.24, 2.45) is 0 Å². The van der Waals surface area contributed by atoms with Crippen molar-refractivity contribution in [1.82, 2.24) is 15.3 Å². The van der Waals surface area contributed by atoms with E-state index in [1.807, 2.05) is 44.2 Å². The Morgan fingerprint density at radius 1 is 1.32 bits per heavy atom. The lowest BCUT2D eigenvalue weighted by Crippen LogP contribution is -2.50. The number of aldehydes is 1. The van der Waals surface area contributed by atoms with E-state index in [9.17, 15) is 4.79 Å². The van der Waals surface area contributed by atoms with E-state index in [0.29, 0.717) is 18.8 Å². The third kappa shape index (κ3) is 5.26. The first kappa shape index (κ1) is 18.4. The van der Waals surface area contributed by atoms with Gasteiger partial charge in [-0.15, -0.1) is 0 Å². The third-order valence-electron chi connectivity index (χ3n) is 3.56. The molecule has 1 atom stereocenters. The fourth-order valence-electron chi connectivity index (χ4n) is 2.24. The molecule has 0 radical (unpaired) electrons. The standard InChI is InChI=1S/C18H21N5O2/c1-18(2,23-15(8-19)11-24)12-22-17-20-9-14(10-21-17)13-5-4-6-16(7-13)25-3/h4-7,9-11,15,23H,12H2,1-3H3,(H,20,21,22)/t15-/m0/s1. The van der Waals surface area contributed by atoms with Gasteiger partial charge in [-0.25, -0.2) is 9.97 Å². The van der Waals surface area contributed by atoms with Crippen molar-refractivity contribution in [2.45, 2.75) is 25.4 Å². The van der Waals surface area contributed by atoms with Gasteiger partial charge in [0, 0.05) is 30.0 Å². The summed E-state index contributed by atoms with van der Waals surface area (Å²) in [6, 6.07) is 8.72. The zero-order chi connectivity index (χ0) is 18.3. The average Bonchev–Trinajstić information content (AvgIpc) is 2.65. The predicted octanol–water partition coefficient (Wildman–Crippen LogP) is 2.02. The Hall–Kier alpha value is -2.98. The molecule has 0 fully saturated rings. The lowest BCUT2D eigenvalue weighted by molar-refractivity contribution is -0.108. The quantitative estimate of drug-likeness (QED) is 0.710. The molecule has 2 aromatic rings. The van der Waals surface area contributed by atoms with Crippen LogP contribution < -0.4 is 15.4 Å². The molecule has 0 bridgehead atoms. The van der Waals surface area contributed by atoms with Crippen LogP contribution in [0.25, 0.3) is 11.1 Å². The maximum Gasteiger partial charge on any atom is 0.222 e. The van der Waals surface area contributed by atoms with Gasteiger partial charge in [0.25, 0.3) is 0 Å². The molecule has 0 unspecified atom stereocenters. The summed E-state index contributed by atoms with van der Waals surface area (Å²) in [4.78, 5) is 19.4. The summed E-state index contributed by atoms with van der Waals surface area (Å²) in [5.74, 6) is 1.25. The van der Waals surface area contributed by atoms with Crippen molar-refractivity contribution in [3.63, 3.8) is 0 Å². The molecule has 25 heavy (non-hydrogen) atoms. The minimum absolute atomic E-state index is 0.456. The first-order chi connectivity index (χ1) is 12.0. The van der Waals surface area contributed by atoms with E-state index in [4.69, 9.17) is 10.00 Å². The Labute approximate surface area is 147 Å². The number of hydrogen-bond donors (Lipinski definition) is 2. The van der Waals surface area contributed by atoms with E-state index < -0.39 is 11.6 Å². The summed E-state index contributed by atoms with van der Waals surface area (Å²) in [6.07, 6.45) is 4.04. The second-order valence-corrected chi connectivity index (χ2v) is 6.15. The van der Waals surface area contributed by atoms with Crippen LogP contribution in [0.3, 0.4) is 0 Å². The number of carbonyl (C=O) groups is 1. The molecule has 0 aliphatic carbocycles. The normalized spacial score (nSPS) is 12.1. The second-order valence-electron chi connectivity index (χ2n) is 6.15. The van der Waals surface area contributed by atoms with Gasteiger partial charge in [-0.05, 0) is 31.5 Å². The highest BCUT2D eigenvalue weighted by atomic mass is 16.5. The minimum atomic E-state index is -0.840. The molecule has 2 N–H and O–H groups in total. The molecule has 0 saturated heterocycles. The van der Waals surface area contributed by atoms with Gasteiger partial charge in [0.2, 0.25) is 5.95 Å². The van der Waals surface area contributed by atoms with Gasteiger partial charge in [0.05, 0.1) is 13.2 Å². The first-order valence-electron chi connectivity index (χ1n) is 7.80. The van der Waals surface area contributed by atoms with Gasteiger partial charge in [0.1, 0.15) is 5.75 Å². The molecule has 7 nitrogen and oxygen atoms in total. The summed E-state index contributed by atoms with van der Waals surface area (Å²) in [5.41, 5.74) is 1.37. The molecule has 130 valence electrons. The molecule has 0 spiro atoms. The van der Waals surface area contributed by atoms with Gasteiger partial charge in [-0.2, -0.15) is 5.26 Å². The topological polar surface area (TPSA) is 99.9 Å². The van der Waals surface area contributed by atoms with Crippen molar-refractivity contribution in [3.8, 4) is 22.9 Å². The zero-order valence-corrected chi connectivity index (χ0v) is 14.5. The van der Waals surface area contributed by atoms with Crippen molar-refractivity contribution >= 4 is 12.2 Å². The van der Waals surface area contributed by atoms with Gasteiger partial charge < -0.3 is 14.8 Å². The van der Waals surface area contributed by atoms with E-state index >= 15 is 0 Å². The summed E-state index contributed by atoms with van der Waals surface area (Å²) in [5, 5.41) is 14.9. The lowest BCUT2D eigenvalue weighted by atomic mass is 10.0. The Balaban J connectivity index is 2.00. The Morgan fingerprint density at radius 3 is 2.64 bits per heavy atom. The number of hydrogen-bond acceptors (Lipinski definition) is 7. The number of anilines is 1. The SMILES string of the molecule is COc1cccc(-c2cnc(NCC(C)(C)N[C@@H](C#N)C=O)nc2)c1. The summed E-state index contributed by atoms with van der Waals surface area (Å²) in [7, 11) is 1.62. The molecular weight excluding hydrogens is 318 g/mol. The Bertz CT molecular complexity index is 753. The third-order valence-corrected chi connectivity index (χ3v) is 3.56. The Morgan fingerprint density at radius 2 is 2.04 bits per heavy atom. The number of benzene rings is 1. The van der Waals surface area contributed by atoms with Crippen LogP contribution in [0, 0.1) is 11.3 Å². The number of aromatic nitrogens is 2. The molecule has 2 rings (SSSR count). The number of methoxy groups -OCH3 is 1. The van der Waals surface area contributed by atoms with Crippen LogP contribution in [0.4, 0.5) is 5.95 Å². The van der Waals surface area contributed by atoms with Crippen LogP contribution in [0.2, 0.25) is 0 Å². The fourth-order valence-corrected chi connectivity index (χ4v) is 2.24. The molecule has 7 heteroatoms. The molecule has 0 aliphatic heterocycles. The monoisotopic (exact) mass is 339 g/mol. The number of ether oxygens (including phenoxy) is 1. The number of nitrogens with zero attached hydrogens (tertiary/aromatic N) is 3. The van der Waals surface area contributed by atoms with Gasteiger partial charge in [-0.3, -0.25) is 5.32 Å². The van der Waals surface area contributed by atoms with Crippen LogP contribution in [-0.2, 0) is 4.79 Å². The Kier molecular flexibility index (Phi) is 6.03. The molecule has 0 amide bonds. The van der Waals surface area contributed by atoms with Gasteiger partial charge >= 0.3 is 0 Å². The molecule has 0 aliphatic rings. The molecule has 0 saturated carbocycles. The highest BCUT2D eigenvalue weighted by molar-refractivity contribution is 5.64. The van der Waals surface area contributed by atoms with Crippen molar-refractivity contribution in [3.05, 3.63) is 36.7 Å². The smallest absolute Gasteiger partial charge is 0.222 e. The van der Waals surface area contributed by atoms with Gasteiger partial charge in [-0.1, -0.05) is 12.1 Å².